The molecule has 6 nitrogen and oxygen atoms in total. The molecule has 1 amide bonds. The number of likely N-dealkylation sites (tertiary alicyclic amines) is 1. The summed E-state index contributed by atoms with van der Waals surface area (Å²) in [6, 6.07) is 19.2. The molecular weight excluding hydrogens is 460 g/mol. The van der Waals surface area contributed by atoms with Gasteiger partial charge in [-0.15, -0.1) is 0 Å². The lowest BCUT2D eigenvalue weighted by Crippen LogP contribution is -2.39. The van der Waals surface area contributed by atoms with Crippen LogP contribution in [0, 0.1) is 5.92 Å². The number of hydrogen-bond acceptors (Lipinski definition) is 3. The van der Waals surface area contributed by atoms with E-state index in [0.717, 1.165) is 63.9 Å². The zero-order valence-electron chi connectivity index (χ0n) is 21.5. The van der Waals surface area contributed by atoms with Crippen LogP contribution in [0.15, 0.2) is 73.2 Å². The average Bonchev–Trinajstić information content (AvgIpc) is 3.61. The monoisotopic (exact) mass is 496 g/mol. The first-order valence-electron chi connectivity index (χ1n) is 13.8. The SMILES string of the molecule is O=C(CCc1ccccc1)N1CCC(Cn2ccc3cc(-c4cnn(C5CCCCO5)c4)ccc32)CC1. The van der Waals surface area contributed by atoms with Crippen molar-refractivity contribution >= 4 is 16.8 Å². The molecule has 6 heteroatoms. The van der Waals surface area contributed by atoms with E-state index in [0.29, 0.717) is 18.2 Å². The van der Waals surface area contributed by atoms with Crippen molar-refractivity contribution in [1.29, 1.82) is 0 Å². The van der Waals surface area contributed by atoms with Crippen molar-refractivity contribution in [2.45, 2.75) is 57.7 Å². The summed E-state index contributed by atoms with van der Waals surface area (Å²) in [5.74, 6) is 0.891. The fourth-order valence-electron chi connectivity index (χ4n) is 5.81. The molecule has 0 bridgehead atoms. The maximum absolute atomic E-state index is 12.7. The Hall–Kier alpha value is -3.38. The smallest absolute Gasteiger partial charge is 0.222 e. The molecule has 0 N–H and O–H groups in total. The van der Waals surface area contributed by atoms with Crippen molar-refractivity contribution < 1.29 is 9.53 Å². The number of fused-ring (bicyclic) bond motifs is 1. The minimum absolute atomic E-state index is 0.0675. The van der Waals surface area contributed by atoms with Gasteiger partial charge in [-0.2, -0.15) is 5.10 Å². The summed E-state index contributed by atoms with van der Waals surface area (Å²) in [4.78, 5) is 14.8. The Morgan fingerprint density at radius 1 is 0.973 bits per heavy atom. The number of aromatic nitrogens is 3. The molecule has 6 rings (SSSR count). The Bertz CT molecular complexity index is 1330. The van der Waals surface area contributed by atoms with E-state index in [1.807, 2.05) is 29.1 Å². The maximum atomic E-state index is 12.7. The number of carbonyl (C=O) groups excluding carboxylic acids is 1. The quantitative estimate of drug-likeness (QED) is 0.312. The highest BCUT2D eigenvalue weighted by Gasteiger charge is 2.23. The zero-order valence-corrected chi connectivity index (χ0v) is 21.5. The molecule has 0 radical (unpaired) electrons. The summed E-state index contributed by atoms with van der Waals surface area (Å²) in [5, 5.41) is 5.84. The minimum atomic E-state index is 0.0675. The Kier molecular flexibility index (Phi) is 7.09. The first-order chi connectivity index (χ1) is 18.2. The van der Waals surface area contributed by atoms with E-state index in [4.69, 9.17) is 4.74 Å². The number of hydrogen-bond donors (Lipinski definition) is 0. The number of nitrogens with zero attached hydrogens (tertiary/aromatic N) is 4. The molecule has 2 fully saturated rings. The summed E-state index contributed by atoms with van der Waals surface area (Å²) >= 11 is 0. The number of carbonyl (C=O) groups is 1. The third kappa shape index (κ3) is 5.49. The van der Waals surface area contributed by atoms with Crippen LogP contribution in [0.2, 0.25) is 0 Å². The molecule has 1 atom stereocenters. The number of benzene rings is 2. The molecule has 0 spiro atoms. The van der Waals surface area contributed by atoms with Crippen LogP contribution in [0.1, 0.15) is 50.3 Å². The molecule has 4 heterocycles. The van der Waals surface area contributed by atoms with Crippen LogP contribution in [0.3, 0.4) is 0 Å². The largest absolute Gasteiger partial charge is 0.357 e. The Labute approximate surface area is 218 Å². The van der Waals surface area contributed by atoms with E-state index in [2.05, 4.69) is 63.4 Å². The lowest BCUT2D eigenvalue weighted by atomic mass is 9.96. The summed E-state index contributed by atoms with van der Waals surface area (Å²) in [7, 11) is 0. The molecular formula is C31H36N4O2. The van der Waals surface area contributed by atoms with Gasteiger partial charge < -0.3 is 14.2 Å². The first-order valence-corrected chi connectivity index (χ1v) is 13.8. The minimum Gasteiger partial charge on any atom is -0.357 e. The van der Waals surface area contributed by atoms with Crippen molar-refractivity contribution in [3.63, 3.8) is 0 Å². The molecule has 2 saturated heterocycles. The summed E-state index contributed by atoms with van der Waals surface area (Å²) in [5.41, 5.74) is 4.83. The molecule has 2 aliphatic heterocycles. The van der Waals surface area contributed by atoms with Gasteiger partial charge in [0.05, 0.1) is 6.20 Å². The van der Waals surface area contributed by atoms with Gasteiger partial charge in [-0.1, -0.05) is 36.4 Å². The van der Waals surface area contributed by atoms with Gasteiger partial charge in [0, 0.05) is 61.5 Å². The fraction of sp³-hybridized carbons (Fsp3) is 0.419. The Morgan fingerprint density at radius 2 is 1.84 bits per heavy atom. The highest BCUT2D eigenvalue weighted by atomic mass is 16.5. The second kappa shape index (κ2) is 10.9. The second-order valence-electron chi connectivity index (χ2n) is 10.6. The molecule has 37 heavy (non-hydrogen) atoms. The second-order valence-corrected chi connectivity index (χ2v) is 10.6. The predicted molar refractivity (Wildman–Crippen MR) is 146 cm³/mol. The van der Waals surface area contributed by atoms with Crippen molar-refractivity contribution in [2.75, 3.05) is 19.7 Å². The van der Waals surface area contributed by atoms with Crippen LogP contribution in [-0.2, 0) is 22.5 Å². The van der Waals surface area contributed by atoms with Crippen molar-refractivity contribution in [2.24, 2.45) is 5.92 Å². The van der Waals surface area contributed by atoms with E-state index in [1.54, 1.807) is 0 Å². The van der Waals surface area contributed by atoms with Gasteiger partial charge in [0.15, 0.2) is 0 Å². The van der Waals surface area contributed by atoms with E-state index >= 15 is 0 Å². The van der Waals surface area contributed by atoms with Crippen LogP contribution in [0.5, 0.6) is 0 Å². The number of piperidine rings is 1. The predicted octanol–water partition coefficient (Wildman–Crippen LogP) is 6.08. The van der Waals surface area contributed by atoms with Gasteiger partial charge in [0.25, 0.3) is 0 Å². The normalized spacial score (nSPS) is 18.9. The summed E-state index contributed by atoms with van der Waals surface area (Å²) in [6.45, 7) is 3.57. The van der Waals surface area contributed by atoms with Crippen LogP contribution < -0.4 is 0 Å². The van der Waals surface area contributed by atoms with Gasteiger partial charge in [-0.25, -0.2) is 4.68 Å². The van der Waals surface area contributed by atoms with Gasteiger partial charge in [0.1, 0.15) is 6.23 Å². The molecule has 0 saturated carbocycles. The number of aryl methyl sites for hydroxylation is 1. The Morgan fingerprint density at radius 3 is 2.65 bits per heavy atom. The third-order valence-corrected chi connectivity index (χ3v) is 8.05. The topological polar surface area (TPSA) is 52.3 Å². The standard InChI is InChI=1S/C31H36N4O2/c36-30(12-9-24-6-2-1-3-7-24)33-16-13-25(14-17-33)22-34-18-15-27-20-26(10-11-29(27)34)28-21-32-35(23-28)31-8-4-5-19-37-31/h1-3,6-7,10-11,15,18,20-21,23,25,31H,4-5,8-9,12-14,16-17,19,22H2. The summed E-state index contributed by atoms with van der Waals surface area (Å²) < 4.78 is 10.2. The highest BCUT2D eigenvalue weighted by molar-refractivity contribution is 5.85. The molecule has 1 unspecified atom stereocenters. The first kappa shape index (κ1) is 24.0. The summed E-state index contributed by atoms with van der Waals surface area (Å²) in [6.07, 6.45) is 13.3. The van der Waals surface area contributed by atoms with E-state index in [9.17, 15) is 4.79 Å². The van der Waals surface area contributed by atoms with Gasteiger partial charge >= 0.3 is 0 Å². The molecule has 192 valence electrons. The fourth-order valence-corrected chi connectivity index (χ4v) is 5.81. The molecule has 4 aromatic rings. The van der Waals surface area contributed by atoms with Crippen LogP contribution in [-0.4, -0.2) is 44.9 Å². The van der Waals surface area contributed by atoms with E-state index in [1.165, 1.54) is 28.5 Å². The van der Waals surface area contributed by atoms with E-state index < -0.39 is 0 Å². The number of amides is 1. The van der Waals surface area contributed by atoms with Crippen molar-refractivity contribution in [3.05, 3.63) is 78.8 Å². The Balaban J connectivity index is 1.04. The van der Waals surface area contributed by atoms with Gasteiger partial charge in [0.2, 0.25) is 5.91 Å². The zero-order chi connectivity index (χ0) is 25.0. The molecule has 2 aromatic heterocycles. The molecule has 2 aliphatic rings. The highest BCUT2D eigenvalue weighted by Crippen LogP contribution is 2.29. The van der Waals surface area contributed by atoms with Gasteiger partial charge in [-0.05, 0) is 73.8 Å². The van der Waals surface area contributed by atoms with Crippen LogP contribution in [0.25, 0.3) is 22.0 Å². The number of ether oxygens (including phenoxy) is 1. The van der Waals surface area contributed by atoms with Crippen LogP contribution >= 0.6 is 0 Å². The lowest BCUT2D eigenvalue weighted by Gasteiger charge is -2.32. The van der Waals surface area contributed by atoms with Crippen LogP contribution in [0.4, 0.5) is 0 Å². The average molecular weight is 497 g/mol. The number of rotatable bonds is 7. The molecule has 2 aromatic carbocycles. The lowest BCUT2D eigenvalue weighted by molar-refractivity contribution is -0.132. The van der Waals surface area contributed by atoms with Crippen molar-refractivity contribution in [1.82, 2.24) is 19.2 Å². The van der Waals surface area contributed by atoms with Gasteiger partial charge in [-0.3, -0.25) is 4.79 Å². The third-order valence-electron chi connectivity index (χ3n) is 8.05. The molecule has 0 aliphatic carbocycles. The van der Waals surface area contributed by atoms with Crippen molar-refractivity contribution in [3.8, 4) is 11.1 Å². The maximum Gasteiger partial charge on any atom is 0.222 e. The van der Waals surface area contributed by atoms with E-state index in [-0.39, 0.29) is 6.23 Å².